The predicted molar refractivity (Wildman–Crippen MR) is 65.5 cm³/mol. The summed E-state index contributed by atoms with van der Waals surface area (Å²) in [5, 5.41) is 3.20. The Morgan fingerprint density at radius 1 is 1.06 bits per heavy atom. The molecule has 0 aliphatic heterocycles. The topological polar surface area (TPSA) is 66.5 Å². The largest absolute Gasteiger partial charge is 0.352 e. The van der Waals surface area contributed by atoms with E-state index in [0.717, 1.165) is 6.54 Å². The number of hydrogen-bond donors (Lipinski definition) is 2. The lowest BCUT2D eigenvalue weighted by Crippen LogP contribution is -2.00. The molecular weight excluding hydrogens is 214 g/mol. The van der Waals surface area contributed by atoms with E-state index in [2.05, 4.69) is 37.4 Å². The molecular formula is C12H11N5. The van der Waals surface area contributed by atoms with E-state index >= 15 is 0 Å². The summed E-state index contributed by atoms with van der Waals surface area (Å²) >= 11 is 0. The maximum absolute atomic E-state index is 4.29. The van der Waals surface area contributed by atoms with Crippen molar-refractivity contribution in [3.63, 3.8) is 0 Å². The fourth-order valence-corrected chi connectivity index (χ4v) is 1.61. The van der Waals surface area contributed by atoms with E-state index < -0.39 is 0 Å². The van der Waals surface area contributed by atoms with E-state index in [0.29, 0.717) is 17.2 Å². The standard InChI is InChI=1S/C12H11N5/c1-2-4-9(5-3-1)8-15-12-16-10-11(17-12)14-7-6-13-10/h1-7H,8H2,(H2,13,14,15,16,17). The van der Waals surface area contributed by atoms with Gasteiger partial charge in [0.15, 0.2) is 11.3 Å². The van der Waals surface area contributed by atoms with Crippen molar-refractivity contribution >= 4 is 17.2 Å². The van der Waals surface area contributed by atoms with Gasteiger partial charge in [0, 0.05) is 18.9 Å². The summed E-state index contributed by atoms with van der Waals surface area (Å²) in [6.07, 6.45) is 3.27. The molecule has 5 nitrogen and oxygen atoms in total. The predicted octanol–water partition coefficient (Wildman–Crippen LogP) is 1.96. The molecule has 5 heteroatoms. The summed E-state index contributed by atoms with van der Waals surface area (Å²) in [4.78, 5) is 15.6. The van der Waals surface area contributed by atoms with E-state index in [9.17, 15) is 0 Å². The van der Waals surface area contributed by atoms with E-state index in [1.165, 1.54) is 5.56 Å². The highest BCUT2D eigenvalue weighted by molar-refractivity contribution is 5.67. The number of aromatic amines is 1. The van der Waals surface area contributed by atoms with Crippen LogP contribution in [0.2, 0.25) is 0 Å². The van der Waals surface area contributed by atoms with Gasteiger partial charge in [0.05, 0.1) is 0 Å². The first-order valence-corrected chi connectivity index (χ1v) is 5.36. The van der Waals surface area contributed by atoms with Gasteiger partial charge >= 0.3 is 0 Å². The molecule has 84 valence electrons. The first kappa shape index (κ1) is 9.77. The van der Waals surface area contributed by atoms with E-state index in [4.69, 9.17) is 0 Å². The Morgan fingerprint density at radius 3 is 2.71 bits per heavy atom. The van der Waals surface area contributed by atoms with Crippen molar-refractivity contribution in [1.29, 1.82) is 0 Å². The number of rotatable bonds is 3. The molecule has 0 amide bonds. The Hall–Kier alpha value is -2.43. The van der Waals surface area contributed by atoms with Crippen LogP contribution in [0.5, 0.6) is 0 Å². The van der Waals surface area contributed by atoms with Crippen LogP contribution in [0.15, 0.2) is 42.7 Å². The summed E-state index contributed by atoms with van der Waals surface area (Å²) in [6.45, 7) is 0.723. The number of benzene rings is 1. The Kier molecular flexibility index (Phi) is 2.42. The highest BCUT2D eigenvalue weighted by Crippen LogP contribution is 2.09. The molecule has 2 heterocycles. The lowest BCUT2D eigenvalue weighted by Gasteiger charge is -2.01. The average molecular weight is 225 g/mol. The van der Waals surface area contributed by atoms with Crippen LogP contribution in [-0.2, 0) is 6.54 Å². The minimum absolute atomic E-state index is 0.628. The van der Waals surface area contributed by atoms with Crippen LogP contribution in [0.3, 0.4) is 0 Å². The Morgan fingerprint density at radius 2 is 1.88 bits per heavy atom. The third-order valence-corrected chi connectivity index (χ3v) is 2.44. The van der Waals surface area contributed by atoms with Gasteiger partial charge < -0.3 is 10.3 Å². The van der Waals surface area contributed by atoms with Gasteiger partial charge in [-0.25, -0.2) is 9.97 Å². The zero-order valence-electron chi connectivity index (χ0n) is 9.09. The number of H-pyrrole nitrogens is 1. The fourth-order valence-electron chi connectivity index (χ4n) is 1.61. The van der Waals surface area contributed by atoms with Crippen LogP contribution in [0.4, 0.5) is 5.95 Å². The quantitative estimate of drug-likeness (QED) is 0.715. The van der Waals surface area contributed by atoms with E-state index in [1.54, 1.807) is 12.4 Å². The monoisotopic (exact) mass is 225 g/mol. The van der Waals surface area contributed by atoms with Gasteiger partial charge in [-0.15, -0.1) is 0 Å². The molecule has 17 heavy (non-hydrogen) atoms. The molecule has 3 aromatic rings. The van der Waals surface area contributed by atoms with Gasteiger partial charge in [0.1, 0.15) is 0 Å². The summed E-state index contributed by atoms with van der Waals surface area (Å²) in [6, 6.07) is 10.1. The first-order valence-electron chi connectivity index (χ1n) is 5.36. The number of nitrogens with zero attached hydrogens (tertiary/aromatic N) is 3. The van der Waals surface area contributed by atoms with E-state index in [-0.39, 0.29) is 0 Å². The van der Waals surface area contributed by atoms with Crippen molar-refractivity contribution in [2.45, 2.75) is 6.54 Å². The van der Waals surface area contributed by atoms with Gasteiger partial charge in [-0.3, -0.25) is 0 Å². The van der Waals surface area contributed by atoms with Gasteiger partial charge in [0.25, 0.3) is 0 Å². The molecule has 0 saturated heterocycles. The molecule has 0 radical (unpaired) electrons. The fraction of sp³-hybridized carbons (Fsp3) is 0.0833. The van der Waals surface area contributed by atoms with Crippen molar-refractivity contribution in [2.75, 3.05) is 5.32 Å². The molecule has 2 N–H and O–H groups in total. The zero-order chi connectivity index (χ0) is 11.5. The molecule has 0 unspecified atom stereocenters. The second-order valence-electron chi connectivity index (χ2n) is 3.65. The number of aromatic nitrogens is 4. The lowest BCUT2D eigenvalue weighted by atomic mass is 10.2. The minimum Gasteiger partial charge on any atom is -0.352 e. The minimum atomic E-state index is 0.628. The summed E-state index contributed by atoms with van der Waals surface area (Å²) in [5.74, 6) is 0.690. The van der Waals surface area contributed by atoms with Gasteiger partial charge in [-0.05, 0) is 5.56 Å². The highest BCUT2D eigenvalue weighted by atomic mass is 15.2. The zero-order valence-corrected chi connectivity index (χ0v) is 9.09. The number of imidazole rings is 1. The summed E-state index contributed by atoms with van der Waals surface area (Å²) in [5.41, 5.74) is 2.53. The summed E-state index contributed by atoms with van der Waals surface area (Å²) in [7, 11) is 0. The van der Waals surface area contributed by atoms with Crippen LogP contribution in [0, 0.1) is 0 Å². The molecule has 0 spiro atoms. The number of fused-ring (bicyclic) bond motifs is 1. The second-order valence-corrected chi connectivity index (χ2v) is 3.65. The molecule has 0 aliphatic carbocycles. The Balaban J connectivity index is 1.77. The Bertz CT molecular complexity index is 584. The molecule has 0 atom stereocenters. The molecule has 0 aliphatic rings. The molecule has 2 aromatic heterocycles. The van der Waals surface area contributed by atoms with Crippen LogP contribution in [-0.4, -0.2) is 19.9 Å². The van der Waals surface area contributed by atoms with Gasteiger partial charge in [-0.2, -0.15) is 4.98 Å². The van der Waals surface area contributed by atoms with Crippen LogP contribution < -0.4 is 5.32 Å². The highest BCUT2D eigenvalue weighted by Gasteiger charge is 2.02. The number of anilines is 1. The van der Waals surface area contributed by atoms with Gasteiger partial charge in [-0.1, -0.05) is 30.3 Å². The third-order valence-electron chi connectivity index (χ3n) is 2.44. The van der Waals surface area contributed by atoms with Crippen molar-refractivity contribution in [3.05, 3.63) is 48.3 Å². The van der Waals surface area contributed by atoms with Crippen LogP contribution in [0.1, 0.15) is 5.56 Å². The smallest absolute Gasteiger partial charge is 0.204 e. The molecule has 0 fully saturated rings. The molecule has 1 aromatic carbocycles. The summed E-state index contributed by atoms with van der Waals surface area (Å²) < 4.78 is 0. The SMILES string of the molecule is c1ccc(CNc2nc3nccnc3[nH]2)cc1. The average Bonchev–Trinajstić information content (AvgIpc) is 2.80. The number of nitrogens with one attached hydrogen (secondary N) is 2. The molecule has 3 rings (SSSR count). The van der Waals surface area contributed by atoms with Crippen LogP contribution >= 0.6 is 0 Å². The first-order chi connectivity index (χ1) is 8.42. The normalized spacial score (nSPS) is 10.6. The lowest BCUT2D eigenvalue weighted by molar-refractivity contribution is 1.09. The van der Waals surface area contributed by atoms with Crippen LogP contribution in [0.25, 0.3) is 11.3 Å². The maximum Gasteiger partial charge on any atom is 0.204 e. The van der Waals surface area contributed by atoms with Crippen molar-refractivity contribution in [1.82, 2.24) is 19.9 Å². The van der Waals surface area contributed by atoms with Crippen molar-refractivity contribution in [2.24, 2.45) is 0 Å². The van der Waals surface area contributed by atoms with E-state index in [1.807, 2.05) is 18.2 Å². The maximum atomic E-state index is 4.29. The molecule has 0 bridgehead atoms. The van der Waals surface area contributed by atoms with Crippen molar-refractivity contribution in [3.8, 4) is 0 Å². The molecule has 0 saturated carbocycles. The Labute approximate surface area is 98.0 Å². The second kappa shape index (κ2) is 4.21. The van der Waals surface area contributed by atoms with Crippen molar-refractivity contribution < 1.29 is 0 Å². The van der Waals surface area contributed by atoms with Gasteiger partial charge in [0.2, 0.25) is 5.95 Å². The third kappa shape index (κ3) is 2.08. The number of hydrogen-bond acceptors (Lipinski definition) is 4.